The molecule has 0 bridgehead atoms. The molecule has 18 heavy (non-hydrogen) atoms. The van der Waals surface area contributed by atoms with E-state index in [9.17, 15) is 14.4 Å². The third-order valence-corrected chi connectivity index (χ3v) is 3.47. The molecule has 0 radical (unpaired) electrons. The number of carbonyl (C=O) groups is 3. The minimum atomic E-state index is -1.29. The summed E-state index contributed by atoms with van der Waals surface area (Å²) in [5, 5.41) is 11.1. The molecule has 0 aliphatic rings. The number of carbonyl (C=O) groups excluding carboxylic acids is 2. The van der Waals surface area contributed by atoms with Crippen LogP contribution in [0, 0.1) is 0 Å². The number of aliphatic carboxylic acids is 1. The second-order valence-electron chi connectivity index (χ2n) is 3.65. The van der Waals surface area contributed by atoms with E-state index in [4.69, 9.17) is 10.8 Å². The predicted octanol–water partition coefficient (Wildman–Crippen LogP) is 0.369. The van der Waals surface area contributed by atoms with Gasteiger partial charge in [0, 0.05) is 4.88 Å². The average molecular weight is 270 g/mol. The Balaban J connectivity index is 2.71. The van der Waals surface area contributed by atoms with Crippen molar-refractivity contribution in [3.05, 3.63) is 21.9 Å². The number of nitrogens with two attached hydrogens (primary N) is 1. The molecule has 0 saturated carbocycles. The van der Waals surface area contributed by atoms with Crippen LogP contribution in [0.15, 0.2) is 12.1 Å². The zero-order chi connectivity index (χ0) is 13.7. The molecule has 98 valence electrons. The molecule has 0 aliphatic carbocycles. The number of carboxylic acid groups (broad SMARTS) is 1. The van der Waals surface area contributed by atoms with Gasteiger partial charge in [-0.05, 0) is 18.6 Å². The van der Waals surface area contributed by atoms with Crippen molar-refractivity contribution in [3.63, 3.8) is 0 Å². The van der Waals surface area contributed by atoms with Gasteiger partial charge in [-0.1, -0.05) is 6.92 Å². The number of primary amides is 1. The summed E-state index contributed by atoms with van der Waals surface area (Å²) in [5.74, 6) is -2.56. The fourth-order valence-electron chi connectivity index (χ4n) is 1.32. The highest BCUT2D eigenvalue weighted by atomic mass is 32.1. The van der Waals surface area contributed by atoms with Crippen molar-refractivity contribution in [2.75, 3.05) is 0 Å². The number of amides is 2. The minimum absolute atomic E-state index is 0.419. The van der Waals surface area contributed by atoms with Crippen LogP contribution in [0.25, 0.3) is 0 Å². The molecular weight excluding hydrogens is 256 g/mol. The highest BCUT2D eigenvalue weighted by Gasteiger charge is 2.23. The van der Waals surface area contributed by atoms with Gasteiger partial charge in [-0.25, -0.2) is 4.79 Å². The standard InChI is InChI=1S/C11H14N2O4S/c1-2-6-3-4-8(18-6)10(15)13-7(11(16)17)5-9(12)14/h3-4,7H,2,5H2,1H3,(H2,12,14)(H,13,15)(H,16,17)/t7-/m1/s1. The van der Waals surface area contributed by atoms with Gasteiger partial charge in [-0.3, -0.25) is 9.59 Å². The van der Waals surface area contributed by atoms with E-state index in [1.54, 1.807) is 6.07 Å². The molecule has 2 amide bonds. The quantitative estimate of drug-likeness (QED) is 0.693. The van der Waals surface area contributed by atoms with Gasteiger partial charge in [0.15, 0.2) is 0 Å². The van der Waals surface area contributed by atoms with Gasteiger partial charge in [-0.15, -0.1) is 11.3 Å². The van der Waals surface area contributed by atoms with Crippen LogP contribution in [0.2, 0.25) is 0 Å². The molecule has 7 heteroatoms. The van der Waals surface area contributed by atoms with Crippen LogP contribution in [-0.2, 0) is 16.0 Å². The first-order chi connectivity index (χ1) is 8.43. The van der Waals surface area contributed by atoms with E-state index >= 15 is 0 Å². The Bertz CT molecular complexity index is 469. The summed E-state index contributed by atoms with van der Waals surface area (Å²) in [6.07, 6.45) is 0.384. The highest BCUT2D eigenvalue weighted by Crippen LogP contribution is 2.16. The van der Waals surface area contributed by atoms with Crippen LogP contribution in [0.3, 0.4) is 0 Å². The largest absolute Gasteiger partial charge is 0.480 e. The van der Waals surface area contributed by atoms with Crippen LogP contribution in [0.4, 0.5) is 0 Å². The Morgan fingerprint density at radius 3 is 2.56 bits per heavy atom. The number of nitrogens with one attached hydrogen (secondary N) is 1. The van der Waals surface area contributed by atoms with Gasteiger partial charge in [0.2, 0.25) is 5.91 Å². The predicted molar refractivity (Wildman–Crippen MR) is 66.4 cm³/mol. The number of hydrogen-bond donors (Lipinski definition) is 3. The first kappa shape index (κ1) is 14.2. The lowest BCUT2D eigenvalue weighted by atomic mass is 10.2. The molecule has 0 fully saturated rings. The van der Waals surface area contributed by atoms with Crippen molar-refractivity contribution < 1.29 is 19.5 Å². The zero-order valence-electron chi connectivity index (χ0n) is 9.80. The summed E-state index contributed by atoms with van der Waals surface area (Å²) < 4.78 is 0. The van der Waals surface area contributed by atoms with Crippen LogP contribution in [-0.4, -0.2) is 28.9 Å². The van der Waals surface area contributed by atoms with Crippen molar-refractivity contribution in [3.8, 4) is 0 Å². The third-order valence-electron chi connectivity index (χ3n) is 2.24. The summed E-state index contributed by atoms with van der Waals surface area (Å²) >= 11 is 1.29. The molecule has 1 aromatic heterocycles. The maximum Gasteiger partial charge on any atom is 0.326 e. The van der Waals surface area contributed by atoms with E-state index in [0.29, 0.717) is 4.88 Å². The molecule has 0 spiro atoms. The molecule has 4 N–H and O–H groups in total. The van der Waals surface area contributed by atoms with E-state index < -0.39 is 30.2 Å². The molecule has 1 atom stereocenters. The molecule has 1 aromatic rings. The van der Waals surface area contributed by atoms with Crippen molar-refractivity contribution in [1.82, 2.24) is 5.32 Å². The SMILES string of the molecule is CCc1ccc(C(=O)N[C@H](CC(N)=O)C(=O)O)s1. The monoisotopic (exact) mass is 270 g/mol. The molecule has 0 aromatic carbocycles. The summed E-state index contributed by atoms with van der Waals surface area (Å²) in [6, 6.07) is 2.15. The van der Waals surface area contributed by atoms with Gasteiger partial charge < -0.3 is 16.2 Å². The number of aryl methyl sites for hydroxylation is 1. The summed E-state index contributed by atoms with van der Waals surface area (Å²) in [6.45, 7) is 1.96. The average Bonchev–Trinajstić information content (AvgIpc) is 2.75. The van der Waals surface area contributed by atoms with Crippen LogP contribution >= 0.6 is 11.3 Å². The Morgan fingerprint density at radius 2 is 2.11 bits per heavy atom. The van der Waals surface area contributed by atoms with E-state index in [0.717, 1.165) is 11.3 Å². The Morgan fingerprint density at radius 1 is 1.44 bits per heavy atom. The van der Waals surface area contributed by atoms with Crippen molar-refractivity contribution >= 4 is 29.1 Å². The summed E-state index contributed by atoms with van der Waals surface area (Å²) in [4.78, 5) is 34.7. The van der Waals surface area contributed by atoms with Gasteiger partial charge in [-0.2, -0.15) is 0 Å². The molecule has 1 heterocycles. The topological polar surface area (TPSA) is 109 Å². The first-order valence-electron chi connectivity index (χ1n) is 5.34. The van der Waals surface area contributed by atoms with E-state index in [2.05, 4.69) is 5.32 Å². The molecule has 1 rings (SSSR count). The maximum absolute atomic E-state index is 11.8. The second-order valence-corrected chi connectivity index (χ2v) is 4.82. The van der Waals surface area contributed by atoms with Crippen molar-refractivity contribution in [2.24, 2.45) is 5.73 Å². The number of thiophene rings is 1. The minimum Gasteiger partial charge on any atom is -0.480 e. The molecule has 0 aliphatic heterocycles. The summed E-state index contributed by atoms with van der Waals surface area (Å²) in [5.41, 5.74) is 4.92. The first-order valence-corrected chi connectivity index (χ1v) is 6.16. The van der Waals surface area contributed by atoms with Crippen LogP contribution < -0.4 is 11.1 Å². The van der Waals surface area contributed by atoms with E-state index in [-0.39, 0.29) is 0 Å². The fourth-order valence-corrected chi connectivity index (χ4v) is 2.17. The number of carboxylic acids is 1. The smallest absolute Gasteiger partial charge is 0.326 e. The lowest BCUT2D eigenvalue weighted by molar-refractivity contribution is -0.140. The van der Waals surface area contributed by atoms with Gasteiger partial charge in [0.05, 0.1) is 11.3 Å². The van der Waals surface area contributed by atoms with Crippen LogP contribution in [0.5, 0.6) is 0 Å². The van der Waals surface area contributed by atoms with Crippen LogP contribution in [0.1, 0.15) is 27.9 Å². The third kappa shape index (κ3) is 3.85. The maximum atomic E-state index is 11.8. The van der Waals surface area contributed by atoms with Gasteiger partial charge in [0.25, 0.3) is 5.91 Å². The van der Waals surface area contributed by atoms with E-state index in [1.165, 1.54) is 11.3 Å². The van der Waals surface area contributed by atoms with Gasteiger partial charge >= 0.3 is 5.97 Å². The van der Waals surface area contributed by atoms with E-state index in [1.807, 2.05) is 13.0 Å². The zero-order valence-corrected chi connectivity index (χ0v) is 10.6. The Labute approximate surface area is 108 Å². The lowest BCUT2D eigenvalue weighted by Gasteiger charge is -2.11. The molecule has 6 nitrogen and oxygen atoms in total. The molecule has 0 saturated heterocycles. The second kappa shape index (κ2) is 6.15. The lowest BCUT2D eigenvalue weighted by Crippen LogP contribution is -2.43. The number of rotatable bonds is 6. The summed E-state index contributed by atoms with van der Waals surface area (Å²) in [7, 11) is 0. The fraction of sp³-hybridized carbons (Fsp3) is 0.364. The van der Waals surface area contributed by atoms with Gasteiger partial charge in [0.1, 0.15) is 6.04 Å². The number of hydrogen-bond acceptors (Lipinski definition) is 4. The van der Waals surface area contributed by atoms with Crippen molar-refractivity contribution in [1.29, 1.82) is 0 Å². The highest BCUT2D eigenvalue weighted by molar-refractivity contribution is 7.14. The Hall–Kier alpha value is -1.89. The molecule has 0 unspecified atom stereocenters. The van der Waals surface area contributed by atoms with Crippen molar-refractivity contribution in [2.45, 2.75) is 25.8 Å². The normalized spacial score (nSPS) is 11.8. The Kier molecular flexibility index (Phi) is 4.85. The molecular formula is C11H14N2O4S.